The van der Waals surface area contributed by atoms with Gasteiger partial charge in [0.15, 0.2) is 5.78 Å². The summed E-state index contributed by atoms with van der Waals surface area (Å²) in [5.41, 5.74) is 7.23. The van der Waals surface area contributed by atoms with E-state index in [4.69, 9.17) is 5.73 Å². The summed E-state index contributed by atoms with van der Waals surface area (Å²) < 4.78 is 0.868. The van der Waals surface area contributed by atoms with Gasteiger partial charge in [0.2, 0.25) is 0 Å². The maximum atomic E-state index is 12.4. The Morgan fingerprint density at radius 3 is 2.23 bits per heavy atom. The Morgan fingerprint density at radius 2 is 1.68 bits per heavy atom. The number of nitrogens with two attached hydrogens (primary N) is 1. The van der Waals surface area contributed by atoms with Crippen molar-refractivity contribution in [3.05, 3.63) is 63.6 Å². The number of nitrogen functional groups attached to an aromatic ring is 1. The largest absolute Gasteiger partial charge is 1.00 e. The monoisotopic (exact) mass is 373 g/mol. The molecule has 0 saturated carbocycles. The van der Waals surface area contributed by atoms with E-state index in [2.05, 4.69) is 15.9 Å². The van der Waals surface area contributed by atoms with Crippen LogP contribution in [0.3, 0.4) is 0 Å². The van der Waals surface area contributed by atoms with Crippen molar-refractivity contribution >= 4 is 33.4 Å². The molecular weight excluding hydrogens is 361 g/mol. The summed E-state index contributed by atoms with van der Waals surface area (Å²) >= 11 is 3.30. The summed E-state index contributed by atoms with van der Waals surface area (Å²) in [6.45, 7) is 0. The van der Waals surface area contributed by atoms with Gasteiger partial charge in [0.25, 0.3) is 0 Å². The Morgan fingerprint density at radius 1 is 1.09 bits per heavy atom. The molecule has 0 saturated heterocycles. The topological polar surface area (TPSA) is 115 Å². The third-order valence-electron chi connectivity index (χ3n) is 2.88. The van der Waals surface area contributed by atoms with E-state index in [1.165, 1.54) is 0 Å². The molecule has 0 aromatic heterocycles. The molecule has 110 valence electrons. The first-order valence-electron chi connectivity index (χ1n) is 5.86. The zero-order chi connectivity index (χ0) is 14.7. The summed E-state index contributed by atoms with van der Waals surface area (Å²) in [5.74, 6) is -1.47. The molecule has 0 amide bonds. The first-order chi connectivity index (χ1) is 9.49. The number of benzene rings is 2. The molecule has 0 aliphatic rings. The third kappa shape index (κ3) is 4.93. The maximum Gasteiger partial charge on any atom is 1.00 e. The molecule has 4 N–H and O–H groups in total. The first kappa shape index (κ1) is 20.8. The number of para-hydroxylation sites is 1. The van der Waals surface area contributed by atoms with Crippen molar-refractivity contribution in [2.24, 2.45) is 0 Å². The SMILES string of the molecule is Nc1c(CC(=O)[O-])cccc1C(=O)c1ccc(Br)cc1.O.[Na+]. The van der Waals surface area contributed by atoms with Crippen molar-refractivity contribution in [3.63, 3.8) is 0 Å². The maximum absolute atomic E-state index is 12.4. The molecule has 2 aromatic rings. The molecule has 0 radical (unpaired) electrons. The Kier molecular flexibility index (Phi) is 8.58. The molecule has 5 nitrogen and oxygen atoms in total. The summed E-state index contributed by atoms with van der Waals surface area (Å²) in [4.78, 5) is 23.0. The predicted octanol–water partition coefficient (Wildman–Crippen LogP) is -2.27. The Hall–Kier alpha value is -1.18. The second-order valence-electron chi connectivity index (χ2n) is 4.26. The van der Waals surface area contributed by atoms with Crippen molar-refractivity contribution in [3.8, 4) is 0 Å². The number of anilines is 1. The molecule has 0 bridgehead atoms. The van der Waals surface area contributed by atoms with Crippen LogP contribution in [0.25, 0.3) is 0 Å². The van der Waals surface area contributed by atoms with Gasteiger partial charge in [-0.05, 0) is 35.9 Å². The van der Waals surface area contributed by atoms with Crippen molar-refractivity contribution < 1.29 is 49.7 Å². The van der Waals surface area contributed by atoms with Crippen LogP contribution in [0.4, 0.5) is 5.69 Å². The summed E-state index contributed by atoms with van der Waals surface area (Å²) in [5, 5.41) is 10.7. The molecule has 0 aliphatic carbocycles. The smallest absolute Gasteiger partial charge is 0.550 e. The number of ketones is 1. The number of carbonyl (C=O) groups is 2. The van der Waals surface area contributed by atoms with E-state index in [0.717, 1.165) is 4.47 Å². The minimum atomic E-state index is -1.23. The number of aliphatic carboxylic acids is 1. The fourth-order valence-electron chi connectivity index (χ4n) is 1.88. The van der Waals surface area contributed by atoms with Crippen LogP contribution >= 0.6 is 15.9 Å². The molecule has 2 rings (SSSR count). The van der Waals surface area contributed by atoms with E-state index >= 15 is 0 Å². The molecule has 0 fully saturated rings. The van der Waals surface area contributed by atoms with Gasteiger partial charge in [-0.3, -0.25) is 4.79 Å². The fourth-order valence-corrected chi connectivity index (χ4v) is 2.14. The van der Waals surface area contributed by atoms with Crippen LogP contribution in [-0.2, 0) is 11.2 Å². The number of hydrogen-bond donors (Lipinski definition) is 1. The minimum absolute atomic E-state index is 0. The van der Waals surface area contributed by atoms with Gasteiger partial charge in [-0.15, -0.1) is 0 Å². The van der Waals surface area contributed by atoms with Gasteiger partial charge in [-0.1, -0.05) is 28.1 Å². The normalized spacial score (nSPS) is 9.32. The van der Waals surface area contributed by atoms with Gasteiger partial charge in [-0.25, -0.2) is 0 Å². The van der Waals surface area contributed by atoms with Crippen molar-refractivity contribution in [1.82, 2.24) is 0 Å². The van der Waals surface area contributed by atoms with E-state index < -0.39 is 5.97 Å². The molecule has 7 heteroatoms. The van der Waals surface area contributed by atoms with Gasteiger partial charge in [0, 0.05) is 33.7 Å². The van der Waals surface area contributed by atoms with Crippen molar-refractivity contribution in [2.45, 2.75) is 6.42 Å². The van der Waals surface area contributed by atoms with E-state index in [0.29, 0.717) is 16.7 Å². The van der Waals surface area contributed by atoms with Gasteiger partial charge in [0.1, 0.15) is 0 Å². The summed E-state index contributed by atoms with van der Waals surface area (Å²) in [6.07, 6.45) is -0.312. The van der Waals surface area contributed by atoms with E-state index in [1.807, 2.05) is 0 Å². The summed E-state index contributed by atoms with van der Waals surface area (Å²) in [7, 11) is 0. The van der Waals surface area contributed by atoms with Crippen LogP contribution in [0.15, 0.2) is 46.9 Å². The van der Waals surface area contributed by atoms with Gasteiger partial charge in [0.05, 0.1) is 0 Å². The van der Waals surface area contributed by atoms with Gasteiger partial charge >= 0.3 is 29.6 Å². The number of hydrogen-bond acceptors (Lipinski definition) is 4. The Labute approximate surface area is 158 Å². The van der Waals surface area contributed by atoms with Crippen LogP contribution in [-0.4, -0.2) is 17.2 Å². The fraction of sp³-hybridized carbons (Fsp3) is 0.0667. The summed E-state index contributed by atoms with van der Waals surface area (Å²) in [6, 6.07) is 11.6. The predicted molar refractivity (Wildman–Crippen MR) is 80.8 cm³/mol. The number of carbonyl (C=O) groups excluding carboxylic acids is 2. The van der Waals surface area contributed by atoms with E-state index in [-0.39, 0.29) is 52.9 Å². The van der Waals surface area contributed by atoms with Crippen molar-refractivity contribution in [2.75, 3.05) is 5.73 Å². The van der Waals surface area contributed by atoms with Crippen LogP contribution in [0.1, 0.15) is 21.5 Å². The van der Waals surface area contributed by atoms with Gasteiger partial charge < -0.3 is 21.1 Å². The van der Waals surface area contributed by atoms with Crippen LogP contribution < -0.4 is 40.4 Å². The number of carboxylic acid groups (broad SMARTS) is 1. The second-order valence-corrected chi connectivity index (χ2v) is 5.18. The third-order valence-corrected chi connectivity index (χ3v) is 3.41. The molecule has 0 spiro atoms. The minimum Gasteiger partial charge on any atom is -0.550 e. The number of halogens is 1. The molecule has 0 heterocycles. The van der Waals surface area contributed by atoms with E-state index in [1.54, 1.807) is 42.5 Å². The number of carboxylic acids is 1. The Bertz CT molecular complexity index is 674. The molecular formula is C15H13BrNNaO4. The molecule has 0 aliphatic heterocycles. The molecule has 2 aromatic carbocycles. The standard InChI is InChI=1S/C15H12BrNO3.Na.H2O/c16-11-6-4-9(5-7-11)15(20)12-3-1-2-10(14(12)17)8-13(18)19;;/h1-7H,8,17H2,(H,18,19);;1H2/q;+1;/p-1. The zero-order valence-corrected chi connectivity index (χ0v) is 15.5. The van der Waals surface area contributed by atoms with Gasteiger partial charge in [-0.2, -0.15) is 0 Å². The Balaban J connectivity index is 0.00000220. The quantitative estimate of drug-likeness (QED) is 0.369. The molecule has 22 heavy (non-hydrogen) atoms. The van der Waals surface area contributed by atoms with Crippen molar-refractivity contribution in [1.29, 1.82) is 0 Å². The first-order valence-corrected chi connectivity index (χ1v) is 6.66. The van der Waals surface area contributed by atoms with E-state index in [9.17, 15) is 14.7 Å². The second kappa shape index (κ2) is 9.07. The zero-order valence-electron chi connectivity index (χ0n) is 11.9. The van der Waals surface area contributed by atoms with Crippen LogP contribution in [0.5, 0.6) is 0 Å². The van der Waals surface area contributed by atoms with Crippen LogP contribution in [0.2, 0.25) is 0 Å². The molecule has 0 atom stereocenters. The average Bonchev–Trinajstić information content (AvgIpc) is 2.41. The van der Waals surface area contributed by atoms with Crippen LogP contribution in [0, 0.1) is 0 Å². The molecule has 0 unspecified atom stereocenters. The average molecular weight is 374 g/mol. The number of rotatable bonds is 4.